The van der Waals surface area contributed by atoms with Gasteiger partial charge >= 0.3 is 0 Å². The molecule has 114 valence electrons. The fourth-order valence-corrected chi connectivity index (χ4v) is 3.74. The van der Waals surface area contributed by atoms with E-state index in [1.54, 1.807) is 6.33 Å². The minimum Gasteiger partial charge on any atom is -0.354 e. The second kappa shape index (κ2) is 4.93. The summed E-state index contributed by atoms with van der Waals surface area (Å²) < 4.78 is 0. The SMILES string of the molecule is C[C@H]1CN(OCC#N)[C@]12CCN(c1ncnc3[nH]ccc13)C2. The molecule has 4 rings (SSSR count). The molecular weight excluding hydrogens is 280 g/mol. The predicted octanol–water partition coefficient (Wildman–Crippen LogP) is 1.31. The number of rotatable bonds is 3. The zero-order valence-electron chi connectivity index (χ0n) is 12.5. The Morgan fingerprint density at radius 1 is 1.55 bits per heavy atom. The molecule has 2 aromatic heterocycles. The average molecular weight is 298 g/mol. The fourth-order valence-electron chi connectivity index (χ4n) is 3.74. The topological polar surface area (TPSA) is 81.1 Å². The van der Waals surface area contributed by atoms with Gasteiger partial charge < -0.3 is 9.88 Å². The van der Waals surface area contributed by atoms with Crippen molar-refractivity contribution < 1.29 is 4.84 Å². The minimum absolute atomic E-state index is 0.00440. The van der Waals surface area contributed by atoms with Gasteiger partial charge in [0.2, 0.25) is 0 Å². The lowest BCUT2D eigenvalue weighted by Crippen LogP contribution is -2.67. The van der Waals surface area contributed by atoms with Crippen molar-refractivity contribution in [3.8, 4) is 6.07 Å². The van der Waals surface area contributed by atoms with Crippen LogP contribution in [0.5, 0.6) is 0 Å². The summed E-state index contributed by atoms with van der Waals surface area (Å²) in [6.45, 7) is 5.06. The van der Waals surface area contributed by atoms with Crippen LogP contribution in [0.4, 0.5) is 5.82 Å². The number of aromatic nitrogens is 3. The molecule has 1 spiro atoms. The number of fused-ring (bicyclic) bond motifs is 1. The quantitative estimate of drug-likeness (QED) is 0.920. The Hall–Kier alpha value is -2.17. The van der Waals surface area contributed by atoms with Gasteiger partial charge in [0.15, 0.2) is 6.61 Å². The first-order valence-electron chi connectivity index (χ1n) is 7.55. The third-order valence-electron chi connectivity index (χ3n) is 5.05. The molecule has 0 amide bonds. The second-order valence-electron chi connectivity index (χ2n) is 6.11. The van der Waals surface area contributed by atoms with Crippen LogP contribution in [0.25, 0.3) is 11.0 Å². The summed E-state index contributed by atoms with van der Waals surface area (Å²) in [4.78, 5) is 19.8. The van der Waals surface area contributed by atoms with E-state index in [4.69, 9.17) is 10.1 Å². The molecule has 0 bridgehead atoms. The summed E-state index contributed by atoms with van der Waals surface area (Å²) in [6, 6.07) is 4.07. The molecule has 4 heterocycles. The van der Waals surface area contributed by atoms with Crippen molar-refractivity contribution in [2.75, 3.05) is 31.1 Å². The first kappa shape index (κ1) is 13.5. The highest BCUT2D eigenvalue weighted by Gasteiger charge is 2.56. The molecule has 2 fully saturated rings. The van der Waals surface area contributed by atoms with E-state index in [2.05, 4.69) is 26.8 Å². The van der Waals surface area contributed by atoms with Crippen LogP contribution in [-0.2, 0) is 4.84 Å². The van der Waals surface area contributed by atoms with E-state index in [-0.39, 0.29) is 12.1 Å². The highest BCUT2D eigenvalue weighted by Crippen LogP contribution is 2.45. The molecule has 7 heteroatoms. The zero-order valence-corrected chi connectivity index (χ0v) is 12.5. The van der Waals surface area contributed by atoms with Gasteiger partial charge in [-0.25, -0.2) is 9.97 Å². The van der Waals surface area contributed by atoms with Gasteiger partial charge in [-0.2, -0.15) is 10.3 Å². The summed E-state index contributed by atoms with van der Waals surface area (Å²) >= 11 is 0. The summed E-state index contributed by atoms with van der Waals surface area (Å²) in [7, 11) is 0. The number of hydrogen-bond acceptors (Lipinski definition) is 6. The van der Waals surface area contributed by atoms with Crippen molar-refractivity contribution in [2.45, 2.75) is 18.9 Å². The van der Waals surface area contributed by atoms with Gasteiger partial charge in [0.05, 0.1) is 17.0 Å². The molecule has 0 unspecified atom stereocenters. The molecular formula is C15H18N6O. The molecule has 0 aliphatic carbocycles. The van der Waals surface area contributed by atoms with Crippen molar-refractivity contribution in [1.82, 2.24) is 20.0 Å². The number of hydrogen-bond donors (Lipinski definition) is 1. The van der Waals surface area contributed by atoms with Gasteiger partial charge in [0, 0.05) is 25.8 Å². The third-order valence-corrected chi connectivity index (χ3v) is 5.05. The standard InChI is InChI=1S/C15H18N6O/c1-11-8-21(22-7-4-16)15(11)3-6-20(9-15)14-12-2-5-17-13(12)18-10-19-14/h2,5,10-11H,3,6-9H2,1H3,(H,17,18,19)/t11-,15-/m0/s1. The maximum absolute atomic E-state index is 8.72. The Kier molecular flexibility index (Phi) is 3.03. The molecule has 2 aromatic rings. The number of aromatic amines is 1. The molecule has 7 nitrogen and oxygen atoms in total. The maximum Gasteiger partial charge on any atom is 0.155 e. The molecule has 1 N–H and O–H groups in total. The summed E-state index contributed by atoms with van der Waals surface area (Å²) in [6.07, 6.45) is 4.52. The molecule has 0 saturated carbocycles. The van der Waals surface area contributed by atoms with Crippen LogP contribution in [0.2, 0.25) is 0 Å². The number of H-pyrrole nitrogens is 1. The van der Waals surface area contributed by atoms with E-state index in [9.17, 15) is 0 Å². The lowest BCUT2D eigenvalue weighted by molar-refractivity contribution is -0.287. The number of anilines is 1. The van der Waals surface area contributed by atoms with Crippen LogP contribution in [0.15, 0.2) is 18.6 Å². The van der Waals surface area contributed by atoms with Crippen LogP contribution in [0.1, 0.15) is 13.3 Å². The average Bonchev–Trinajstić information content (AvgIpc) is 3.18. The van der Waals surface area contributed by atoms with E-state index in [0.29, 0.717) is 5.92 Å². The van der Waals surface area contributed by atoms with Gasteiger partial charge in [-0.1, -0.05) is 6.92 Å². The Bertz CT molecular complexity index is 737. The Morgan fingerprint density at radius 3 is 3.27 bits per heavy atom. The molecule has 2 aliphatic heterocycles. The van der Waals surface area contributed by atoms with E-state index >= 15 is 0 Å². The molecule has 2 atom stereocenters. The van der Waals surface area contributed by atoms with E-state index in [1.165, 1.54) is 0 Å². The van der Waals surface area contributed by atoms with Crippen molar-refractivity contribution in [1.29, 1.82) is 5.26 Å². The van der Waals surface area contributed by atoms with Crippen molar-refractivity contribution in [3.63, 3.8) is 0 Å². The van der Waals surface area contributed by atoms with E-state index < -0.39 is 0 Å². The second-order valence-corrected chi connectivity index (χ2v) is 6.11. The van der Waals surface area contributed by atoms with Gasteiger partial charge in [0.25, 0.3) is 0 Å². The van der Waals surface area contributed by atoms with Crippen LogP contribution < -0.4 is 4.90 Å². The van der Waals surface area contributed by atoms with Crippen molar-refractivity contribution >= 4 is 16.9 Å². The molecule has 0 aromatic carbocycles. The Balaban J connectivity index is 1.59. The van der Waals surface area contributed by atoms with Crippen LogP contribution >= 0.6 is 0 Å². The zero-order chi connectivity index (χ0) is 15.2. The lowest BCUT2D eigenvalue weighted by atomic mass is 9.76. The number of hydroxylamine groups is 2. The number of nitrogens with one attached hydrogen (secondary N) is 1. The first-order chi connectivity index (χ1) is 10.7. The van der Waals surface area contributed by atoms with Crippen LogP contribution in [-0.4, -0.2) is 51.8 Å². The predicted molar refractivity (Wildman–Crippen MR) is 80.9 cm³/mol. The van der Waals surface area contributed by atoms with Crippen LogP contribution in [0, 0.1) is 17.2 Å². The van der Waals surface area contributed by atoms with Crippen LogP contribution in [0.3, 0.4) is 0 Å². The van der Waals surface area contributed by atoms with Gasteiger partial charge in [-0.05, 0) is 18.4 Å². The molecule has 2 aliphatic rings. The third kappa shape index (κ3) is 1.81. The molecule has 2 saturated heterocycles. The summed E-state index contributed by atoms with van der Waals surface area (Å²) in [5, 5.41) is 11.8. The largest absolute Gasteiger partial charge is 0.354 e. The highest BCUT2D eigenvalue weighted by atomic mass is 16.7. The van der Waals surface area contributed by atoms with Gasteiger partial charge in [-0.3, -0.25) is 4.84 Å². The van der Waals surface area contributed by atoms with Crippen molar-refractivity contribution in [2.24, 2.45) is 5.92 Å². The first-order valence-corrected chi connectivity index (χ1v) is 7.55. The van der Waals surface area contributed by atoms with E-state index in [1.807, 2.05) is 23.4 Å². The maximum atomic E-state index is 8.72. The van der Waals surface area contributed by atoms with E-state index in [0.717, 1.165) is 42.9 Å². The summed E-state index contributed by atoms with van der Waals surface area (Å²) in [5.74, 6) is 1.53. The van der Waals surface area contributed by atoms with Crippen molar-refractivity contribution in [3.05, 3.63) is 18.6 Å². The number of nitrogens with zero attached hydrogens (tertiary/aromatic N) is 5. The fraction of sp³-hybridized carbons (Fsp3) is 0.533. The molecule has 22 heavy (non-hydrogen) atoms. The van der Waals surface area contributed by atoms with Gasteiger partial charge in [0.1, 0.15) is 17.8 Å². The smallest absolute Gasteiger partial charge is 0.155 e. The minimum atomic E-state index is 0.00440. The molecule has 0 radical (unpaired) electrons. The lowest BCUT2D eigenvalue weighted by Gasteiger charge is -2.54. The Morgan fingerprint density at radius 2 is 2.45 bits per heavy atom. The summed E-state index contributed by atoms with van der Waals surface area (Å²) in [5.41, 5.74) is 0.870. The normalized spacial score (nSPS) is 28.2. The van der Waals surface area contributed by atoms with Gasteiger partial charge in [-0.15, -0.1) is 0 Å². The number of nitriles is 1. The highest BCUT2D eigenvalue weighted by molar-refractivity contribution is 5.87. The Labute approximate surface area is 128 Å². The monoisotopic (exact) mass is 298 g/mol.